The van der Waals surface area contributed by atoms with Crippen LogP contribution in [0.1, 0.15) is 13.8 Å². The molecule has 1 rings (SSSR count). The van der Waals surface area contributed by atoms with Gasteiger partial charge < -0.3 is 15.5 Å². The van der Waals surface area contributed by atoms with Crippen LogP contribution in [-0.2, 0) is 9.59 Å². The van der Waals surface area contributed by atoms with Gasteiger partial charge in [0.15, 0.2) is 0 Å². The van der Waals surface area contributed by atoms with E-state index in [1.54, 1.807) is 11.9 Å². The maximum absolute atomic E-state index is 12.2. The van der Waals surface area contributed by atoms with Crippen molar-refractivity contribution in [3.63, 3.8) is 0 Å². The fourth-order valence-corrected chi connectivity index (χ4v) is 1.95. The number of nitrogens with zero attached hydrogens (tertiary/aromatic N) is 2. The van der Waals surface area contributed by atoms with Crippen molar-refractivity contribution in [3.8, 4) is 0 Å². The van der Waals surface area contributed by atoms with Gasteiger partial charge in [-0.25, -0.2) is 0 Å². The van der Waals surface area contributed by atoms with Crippen molar-refractivity contribution in [3.05, 3.63) is 0 Å². The number of hydrogen-bond acceptors (Lipinski definition) is 4. The molecule has 6 heteroatoms. The summed E-state index contributed by atoms with van der Waals surface area (Å²) in [5.41, 5.74) is 0. The van der Waals surface area contributed by atoms with Crippen LogP contribution in [-0.4, -0.2) is 74.0 Å². The Hall–Kier alpha value is -1.14. The lowest BCUT2D eigenvalue weighted by atomic mass is 10.2. The quantitative estimate of drug-likeness (QED) is 0.654. The highest BCUT2D eigenvalue weighted by Crippen LogP contribution is 2.03. The second-order valence-electron chi connectivity index (χ2n) is 4.62. The molecule has 0 aromatic carbocycles. The SMILES string of the molecule is CCNC(=O)CN(C)C(C)C(=O)N1CCNCC1. The van der Waals surface area contributed by atoms with E-state index in [-0.39, 0.29) is 24.4 Å². The molecule has 6 nitrogen and oxygen atoms in total. The first-order chi connectivity index (χ1) is 8.56. The normalized spacial score (nSPS) is 17.7. The summed E-state index contributed by atoms with van der Waals surface area (Å²) < 4.78 is 0. The Morgan fingerprint density at radius 1 is 1.39 bits per heavy atom. The van der Waals surface area contributed by atoms with Gasteiger partial charge >= 0.3 is 0 Å². The molecule has 1 atom stereocenters. The van der Waals surface area contributed by atoms with Gasteiger partial charge in [-0.2, -0.15) is 0 Å². The molecule has 2 amide bonds. The lowest BCUT2D eigenvalue weighted by molar-refractivity contribution is -0.137. The third-order valence-electron chi connectivity index (χ3n) is 3.21. The maximum Gasteiger partial charge on any atom is 0.239 e. The summed E-state index contributed by atoms with van der Waals surface area (Å²) in [6, 6.07) is -0.259. The lowest BCUT2D eigenvalue weighted by Crippen LogP contribution is -2.53. The lowest BCUT2D eigenvalue weighted by Gasteiger charge is -2.32. The molecule has 0 spiro atoms. The molecule has 0 aliphatic carbocycles. The predicted molar refractivity (Wildman–Crippen MR) is 70.2 cm³/mol. The molecule has 1 aliphatic heterocycles. The van der Waals surface area contributed by atoms with Crippen LogP contribution in [0.2, 0.25) is 0 Å². The molecule has 1 unspecified atom stereocenters. The molecule has 1 saturated heterocycles. The molecule has 0 saturated carbocycles. The topological polar surface area (TPSA) is 64.7 Å². The minimum absolute atomic E-state index is 0.0417. The first-order valence-electron chi connectivity index (χ1n) is 6.52. The zero-order valence-electron chi connectivity index (χ0n) is 11.5. The molecular formula is C12H24N4O2. The van der Waals surface area contributed by atoms with E-state index in [2.05, 4.69) is 10.6 Å². The van der Waals surface area contributed by atoms with E-state index in [0.717, 1.165) is 26.2 Å². The van der Waals surface area contributed by atoms with E-state index in [1.807, 2.05) is 18.7 Å². The Labute approximate surface area is 109 Å². The standard InChI is InChI=1S/C12H24N4O2/c1-4-14-11(17)9-15(3)10(2)12(18)16-7-5-13-6-8-16/h10,13H,4-9H2,1-3H3,(H,14,17). The van der Waals surface area contributed by atoms with E-state index < -0.39 is 0 Å². The number of carbonyl (C=O) groups excluding carboxylic acids is 2. The van der Waals surface area contributed by atoms with Gasteiger partial charge in [0, 0.05) is 32.7 Å². The summed E-state index contributed by atoms with van der Waals surface area (Å²) in [4.78, 5) is 27.3. The minimum atomic E-state index is -0.259. The predicted octanol–water partition coefficient (Wildman–Crippen LogP) is -1.13. The van der Waals surface area contributed by atoms with Crippen molar-refractivity contribution < 1.29 is 9.59 Å². The van der Waals surface area contributed by atoms with Gasteiger partial charge in [-0.3, -0.25) is 14.5 Å². The van der Waals surface area contributed by atoms with Crippen LogP contribution in [0.25, 0.3) is 0 Å². The number of amides is 2. The van der Waals surface area contributed by atoms with Crippen LogP contribution in [0.15, 0.2) is 0 Å². The summed E-state index contributed by atoms with van der Waals surface area (Å²) in [5, 5.41) is 5.95. The maximum atomic E-state index is 12.2. The Balaban J connectivity index is 2.43. The van der Waals surface area contributed by atoms with E-state index in [4.69, 9.17) is 0 Å². The monoisotopic (exact) mass is 256 g/mol. The van der Waals surface area contributed by atoms with E-state index >= 15 is 0 Å². The molecular weight excluding hydrogens is 232 g/mol. The summed E-state index contributed by atoms with van der Waals surface area (Å²) in [6.45, 7) is 7.80. The number of hydrogen-bond donors (Lipinski definition) is 2. The zero-order chi connectivity index (χ0) is 13.5. The Morgan fingerprint density at radius 2 is 2.00 bits per heavy atom. The molecule has 1 aliphatic rings. The molecule has 0 aromatic rings. The van der Waals surface area contributed by atoms with Gasteiger partial charge in [0.25, 0.3) is 0 Å². The molecule has 0 aromatic heterocycles. The van der Waals surface area contributed by atoms with E-state index in [1.165, 1.54) is 0 Å². The first kappa shape index (κ1) is 14.9. The number of piperazine rings is 1. The third kappa shape index (κ3) is 4.27. The Bertz CT molecular complexity index is 290. The second kappa shape index (κ2) is 7.33. The summed E-state index contributed by atoms with van der Waals surface area (Å²) in [6.07, 6.45) is 0. The number of nitrogens with one attached hydrogen (secondary N) is 2. The Morgan fingerprint density at radius 3 is 2.56 bits per heavy atom. The van der Waals surface area contributed by atoms with Crippen LogP contribution >= 0.6 is 0 Å². The molecule has 0 bridgehead atoms. The Kier molecular flexibility index (Phi) is 6.07. The summed E-state index contributed by atoms with van der Waals surface area (Å²) in [7, 11) is 1.81. The van der Waals surface area contributed by atoms with Crippen LogP contribution in [0.5, 0.6) is 0 Å². The van der Waals surface area contributed by atoms with Crippen molar-refractivity contribution in [2.24, 2.45) is 0 Å². The minimum Gasteiger partial charge on any atom is -0.355 e. The average molecular weight is 256 g/mol. The number of likely N-dealkylation sites (N-methyl/N-ethyl adjacent to an activating group) is 2. The van der Waals surface area contributed by atoms with Gasteiger partial charge in [-0.15, -0.1) is 0 Å². The van der Waals surface area contributed by atoms with Crippen molar-refractivity contribution >= 4 is 11.8 Å². The molecule has 1 fully saturated rings. The van der Waals surface area contributed by atoms with Crippen molar-refractivity contribution in [2.45, 2.75) is 19.9 Å². The van der Waals surface area contributed by atoms with Gasteiger partial charge in [-0.1, -0.05) is 0 Å². The highest BCUT2D eigenvalue weighted by molar-refractivity contribution is 5.83. The smallest absolute Gasteiger partial charge is 0.239 e. The highest BCUT2D eigenvalue weighted by atomic mass is 16.2. The fourth-order valence-electron chi connectivity index (χ4n) is 1.95. The van der Waals surface area contributed by atoms with Gasteiger partial charge in [0.2, 0.25) is 11.8 Å². The largest absolute Gasteiger partial charge is 0.355 e. The van der Waals surface area contributed by atoms with Crippen LogP contribution in [0.4, 0.5) is 0 Å². The average Bonchev–Trinajstić information content (AvgIpc) is 2.38. The van der Waals surface area contributed by atoms with Gasteiger partial charge in [-0.05, 0) is 20.9 Å². The van der Waals surface area contributed by atoms with Gasteiger partial charge in [0.05, 0.1) is 12.6 Å². The highest BCUT2D eigenvalue weighted by Gasteiger charge is 2.25. The van der Waals surface area contributed by atoms with Crippen LogP contribution in [0.3, 0.4) is 0 Å². The third-order valence-corrected chi connectivity index (χ3v) is 3.21. The second-order valence-corrected chi connectivity index (χ2v) is 4.62. The first-order valence-corrected chi connectivity index (χ1v) is 6.52. The fraction of sp³-hybridized carbons (Fsp3) is 0.833. The van der Waals surface area contributed by atoms with Crippen molar-refractivity contribution in [1.29, 1.82) is 0 Å². The van der Waals surface area contributed by atoms with E-state index in [9.17, 15) is 9.59 Å². The number of rotatable bonds is 5. The molecule has 104 valence electrons. The van der Waals surface area contributed by atoms with E-state index in [0.29, 0.717) is 6.54 Å². The molecule has 18 heavy (non-hydrogen) atoms. The summed E-state index contributed by atoms with van der Waals surface area (Å²) in [5.74, 6) is 0.0586. The van der Waals surface area contributed by atoms with Gasteiger partial charge in [0.1, 0.15) is 0 Å². The van der Waals surface area contributed by atoms with Crippen LogP contribution < -0.4 is 10.6 Å². The molecule has 0 radical (unpaired) electrons. The molecule has 2 N–H and O–H groups in total. The molecule has 1 heterocycles. The zero-order valence-corrected chi connectivity index (χ0v) is 11.5. The summed E-state index contributed by atoms with van der Waals surface area (Å²) >= 11 is 0. The van der Waals surface area contributed by atoms with Crippen molar-refractivity contribution in [2.75, 3.05) is 46.3 Å². The van der Waals surface area contributed by atoms with Crippen molar-refractivity contribution in [1.82, 2.24) is 20.4 Å². The number of carbonyl (C=O) groups is 2. The van der Waals surface area contributed by atoms with Crippen LogP contribution in [0, 0.1) is 0 Å².